The van der Waals surface area contributed by atoms with Crippen LogP contribution < -0.4 is 14.9 Å². The minimum absolute atomic E-state index is 0.0444. The lowest BCUT2D eigenvalue weighted by molar-refractivity contribution is -0.121. The first kappa shape index (κ1) is 17.4. The van der Waals surface area contributed by atoms with Gasteiger partial charge in [0.1, 0.15) is 0 Å². The number of anilines is 1. The quantitative estimate of drug-likeness (QED) is 0.830. The van der Waals surface area contributed by atoms with Crippen LogP contribution in [0.25, 0.3) is 0 Å². The van der Waals surface area contributed by atoms with Crippen LogP contribution in [0.15, 0.2) is 23.1 Å². The minimum Gasteiger partial charge on any atom is -0.350 e. The second-order valence-electron chi connectivity index (χ2n) is 6.54. The highest BCUT2D eigenvalue weighted by atomic mass is 32.2. The predicted octanol–water partition coefficient (Wildman–Crippen LogP) is 0.399. The number of hydrogen-bond acceptors (Lipinski definition) is 4. The summed E-state index contributed by atoms with van der Waals surface area (Å²) in [5.41, 5.74) is 0.944. The first-order valence-electron chi connectivity index (χ1n) is 7.20. The molecule has 23 heavy (non-hydrogen) atoms. The summed E-state index contributed by atoms with van der Waals surface area (Å²) in [4.78, 5) is 24.9. The fraction of sp³-hybridized carbons (Fsp3) is 0.467. The minimum atomic E-state index is -3.81. The molecule has 2 rings (SSSR count). The van der Waals surface area contributed by atoms with E-state index < -0.39 is 21.5 Å². The Labute approximate surface area is 136 Å². The Morgan fingerprint density at radius 3 is 2.57 bits per heavy atom. The zero-order chi connectivity index (χ0) is 17.4. The smallest absolute Gasteiger partial charge is 0.241 e. The summed E-state index contributed by atoms with van der Waals surface area (Å²) in [7, 11) is -2.16. The molecular formula is C15H21N3O4S. The summed E-state index contributed by atoms with van der Waals surface area (Å²) in [6.07, 6.45) is 0.180. The highest BCUT2D eigenvalue weighted by Gasteiger charge is 2.26. The molecule has 0 spiro atoms. The lowest BCUT2D eigenvalue weighted by Crippen LogP contribution is -2.45. The summed E-state index contributed by atoms with van der Waals surface area (Å²) < 4.78 is 26.8. The molecule has 0 saturated carbocycles. The Kier molecular flexibility index (Phi) is 4.50. The van der Waals surface area contributed by atoms with Crippen LogP contribution in [-0.4, -0.2) is 39.4 Å². The van der Waals surface area contributed by atoms with Gasteiger partial charge in [0.15, 0.2) is 0 Å². The molecule has 0 bridgehead atoms. The molecule has 0 atom stereocenters. The number of nitrogens with one attached hydrogen (secondary N) is 2. The predicted molar refractivity (Wildman–Crippen MR) is 86.6 cm³/mol. The monoisotopic (exact) mass is 339 g/mol. The zero-order valence-corrected chi connectivity index (χ0v) is 14.5. The molecule has 1 aliphatic rings. The van der Waals surface area contributed by atoms with Gasteiger partial charge in [-0.15, -0.1) is 0 Å². The molecule has 126 valence electrons. The third-order valence-electron chi connectivity index (χ3n) is 3.38. The van der Waals surface area contributed by atoms with Crippen molar-refractivity contribution in [1.82, 2.24) is 10.0 Å². The van der Waals surface area contributed by atoms with Crippen LogP contribution in [0.5, 0.6) is 0 Å². The van der Waals surface area contributed by atoms with E-state index in [-0.39, 0.29) is 23.8 Å². The Balaban J connectivity index is 2.11. The number of rotatable bonds is 4. The normalized spacial score (nSPS) is 14.8. The van der Waals surface area contributed by atoms with Gasteiger partial charge in [0.05, 0.1) is 17.9 Å². The maximum absolute atomic E-state index is 12.3. The topological polar surface area (TPSA) is 95.6 Å². The van der Waals surface area contributed by atoms with Gasteiger partial charge in [-0.1, -0.05) is 0 Å². The summed E-state index contributed by atoms with van der Waals surface area (Å²) in [5.74, 6) is -0.482. The summed E-state index contributed by atoms with van der Waals surface area (Å²) in [5, 5.41) is 2.68. The molecule has 0 fully saturated rings. The third-order valence-corrected chi connectivity index (χ3v) is 4.77. The molecule has 1 aliphatic heterocycles. The molecule has 1 heterocycles. The molecule has 7 nitrogen and oxygen atoms in total. The van der Waals surface area contributed by atoms with Crippen molar-refractivity contribution >= 4 is 27.5 Å². The van der Waals surface area contributed by atoms with E-state index in [9.17, 15) is 18.0 Å². The lowest BCUT2D eigenvalue weighted by atomic mass is 10.1. The van der Waals surface area contributed by atoms with Crippen LogP contribution in [0.4, 0.5) is 5.69 Å². The Morgan fingerprint density at radius 2 is 1.96 bits per heavy atom. The van der Waals surface area contributed by atoms with Gasteiger partial charge in [-0.25, -0.2) is 13.1 Å². The van der Waals surface area contributed by atoms with E-state index in [1.54, 1.807) is 13.1 Å². The van der Waals surface area contributed by atoms with Gasteiger partial charge in [0.25, 0.3) is 0 Å². The molecule has 2 amide bonds. The van der Waals surface area contributed by atoms with E-state index in [2.05, 4.69) is 10.0 Å². The fourth-order valence-electron chi connectivity index (χ4n) is 2.32. The van der Waals surface area contributed by atoms with Crippen molar-refractivity contribution in [3.05, 3.63) is 23.8 Å². The standard InChI is InChI=1S/C15H21N3O4S/c1-15(2,3)17-13(19)9-16-23(21,22)11-5-6-12-10(7-11)8-14(20)18(12)4/h5-7,16H,8-9H2,1-4H3,(H,17,19). The number of likely N-dealkylation sites (N-methyl/N-ethyl adjacent to an activating group) is 1. The van der Waals surface area contributed by atoms with Crippen molar-refractivity contribution in [1.29, 1.82) is 0 Å². The van der Waals surface area contributed by atoms with Crippen molar-refractivity contribution < 1.29 is 18.0 Å². The number of nitrogens with zero attached hydrogens (tertiary/aromatic N) is 1. The molecule has 8 heteroatoms. The van der Waals surface area contributed by atoms with Gasteiger partial charge in [-0.2, -0.15) is 0 Å². The number of benzene rings is 1. The largest absolute Gasteiger partial charge is 0.350 e. The average Bonchev–Trinajstić information content (AvgIpc) is 2.70. The molecule has 0 unspecified atom stereocenters. The van der Waals surface area contributed by atoms with Gasteiger partial charge in [-0.3, -0.25) is 9.59 Å². The molecule has 1 aromatic rings. The lowest BCUT2D eigenvalue weighted by Gasteiger charge is -2.20. The molecule has 2 N–H and O–H groups in total. The van der Waals surface area contributed by atoms with Crippen LogP contribution in [0, 0.1) is 0 Å². The van der Waals surface area contributed by atoms with E-state index in [0.717, 1.165) is 0 Å². The maximum atomic E-state index is 12.3. The molecule has 0 aliphatic carbocycles. The van der Waals surface area contributed by atoms with Crippen LogP contribution in [0.3, 0.4) is 0 Å². The zero-order valence-electron chi connectivity index (χ0n) is 13.6. The highest BCUT2D eigenvalue weighted by molar-refractivity contribution is 7.89. The first-order chi connectivity index (χ1) is 10.5. The van der Waals surface area contributed by atoms with Crippen LogP contribution in [0.1, 0.15) is 26.3 Å². The van der Waals surface area contributed by atoms with E-state index in [1.807, 2.05) is 20.8 Å². The van der Waals surface area contributed by atoms with Gasteiger partial charge >= 0.3 is 0 Å². The second kappa shape index (κ2) is 5.93. The Hall–Kier alpha value is -1.93. The highest BCUT2D eigenvalue weighted by Crippen LogP contribution is 2.29. The number of hydrogen-bond donors (Lipinski definition) is 2. The van der Waals surface area contributed by atoms with Gasteiger partial charge in [-0.05, 0) is 44.5 Å². The average molecular weight is 339 g/mol. The number of amides is 2. The summed E-state index contributed by atoms with van der Waals surface area (Å²) >= 11 is 0. The fourth-order valence-corrected chi connectivity index (χ4v) is 3.35. The molecule has 0 radical (unpaired) electrons. The summed E-state index contributed by atoms with van der Waals surface area (Å²) in [6.45, 7) is 5.10. The Bertz CT molecular complexity index is 750. The summed E-state index contributed by atoms with van der Waals surface area (Å²) in [6, 6.07) is 4.50. The SMILES string of the molecule is CN1C(=O)Cc2cc(S(=O)(=O)NCC(=O)NC(C)(C)C)ccc21. The van der Waals surface area contributed by atoms with E-state index in [4.69, 9.17) is 0 Å². The Morgan fingerprint density at radius 1 is 1.30 bits per heavy atom. The second-order valence-corrected chi connectivity index (χ2v) is 8.31. The molecule has 0 saturated heterocycles. The van der Waals surface area contributed by atoms with E-state index in [0.29, 0.717) is 11.3 Å². The van der Waals surface area contributed by atoms with Crippen molar-refractivity contribution in [2.24, 2.45) is 0 Å². The molecule has 1 aromatic carbocycles. The van der Waals surface area contributed by atoms with Gasteiger partial charge in [0, 0.05) is 18.3 Å². The molecular weight excluding hydrogens is 318 g/mol. The number of carbonyl (C=O) groups excluding carboxylic acids is 2. The number of sulfonamides is 1. The van der Waals surface area contributed by atoms with Crippen molar-refractivity contribution in [2.45, 2.75) is 37.6 Å². The number of carbonyl (C=O) groups is 2. The first-order valence-corrected chi connectivity index (χ1v) is 8.68. The van der Waals surface area contributed by atoms with E-state index in [1.165, 1.54) is 17.0 Å². The van der Waals surface area contributed by atoms with E-state index >= 15 is 0 Å². The van der Waals surface area contributed by atoms with Crippen molar-refractivity contribution in [3.63, 3.8) is 0 Å². The van der Waals surface area contributed by atoms with Crippen LogP contribution in [0.2, 0.25) is 0 Å². The number of fused-ring (bicyclic) bond motifs is 1. The third kappa shape index (κ3) is 4.08. The van der Waals surface area contributed by atoms with Crippen LogP contribution >= 0.6 is 0 Å². The van der Waals surface area contributed by atoms with Crippen molar-refractivity contribution in [3.8, 4) is 0 Å². The van der Waals surface area contributed by atoms with Gasteiger partial charge in [0.2, 0.25) is 21.8 Å². The van der Waals surface area contributed by atoms with Crippen LogP contribution in [-0.2, 0) is 26.0 Å². The van der Waals surface area contributed by atoms with Gasteiger partial charge < -0.3 is 10.2 Å². The van der Waals surface area contributed by atoms with Crippen molar-refractivity contribution in [2.75, 3.05) is 18.5 Å². The molecule has 0 aromatic heterocycles. The maximum Gasteiger partial charge on any atom is 0.241 e.